The van der Waals surface area contributed by atoms with E-state index < -0.39 is 0 Å². The van der Waals surface area contributed by atoms with Gasteiger partial charge in [0, 0.05) is 18.3 Å². The molecule has 1 heterocycles. The molecule has 0 aliphatic rings. The summed E-state index contributed by atoms with van der Waals surface area (Å²) in [4.78, 5) is 16.9. The van der Waals surface area contributed by atoms with E-state index in [1.807, 2.05) is 12.1 Å². The summed E-state index contributed by atoms with van der Waals surface area (Å²) in [6.45, 7) is 2.94. The van der Waals surface area contributed by atoms with E-state index >= 15 is 0 Å². The zero-order valence-electron chi connectivity index (χ0n) is 12.4. The molecule has 1 N–H and O–H groups in total. The maximum absolute atomic E-state index is 12.6. The third-order valence-electron chi connectivity index (χ3n) is 3.21. The molecule has 4 heteroatoms. The highest BCUT2D eigenvalue weighted by atomic mass is 16.5. The highest BCUT2D eigenvalue weighted by Gasteiger charge is 2.14. The number of unbranched alkanes of at least 4 members (excludes halogenated alkanes) is 1. The lowest BCUT2D eigenvalue weighted by molar-refractivity contribution is 0.103. The number of nitrogens with one attached hydrogen (secondary N) is 1. The summed E-state index contributed by atoms with van der Waals surface area (Å²) in [5, 5.41) is 3.23. The number of anilines is 1. The van der Waals surface area contributed by atoms with Crippen LogP contribution >= 0.6 is 0 Å². The van der Waals surface area contributed by atoms with Crippen LogP contribution in [0.2, 0.25) is 0 Å². The second-order valence-electron chi connectivity index (χ2n) is 4.74. The lowest BCUT2D eigenvalue weighted by Crippen LogP contribution is -2.10. The van der Waals surface area contributed by atoms with Crippen LogP contribution in [0.1, 0.15) is 35.7 Å². The first-order valence-electron chi connectivity index (χ1n) is 7.14. The normalized spacial score (nSPS) is 10.2. The average molecular weight is 284 g/mol. The fraction of sp³-hybridized carbons (Fsp3) is 0.294. The maximum Gasteiger partial charge on any atom is 0.196 e. The standard InChI is InChI=1S/C17H20N2O2/c1-3-4-10-18-17-15(9-6-11-19-17)16(20)13-7-5-8-14(12-13)21-2/h5-9,11-12H,3-4,10H2,1-2H3,(H,18,19). The van der Waals surface area contributed by atoms with Gasteiger partial charge in [-0.1, -0.05) is 25.5 Å². The van der Waals surface area contributed by atoms with Crippen molar-refractivity contribution in [2.45, 2.75) is 19.8 Å². The van der Waals surface area contributed by atoms with Gasteiger partial charge in [0.25, 0.3) is 0 Å². The topological polar surface area (TPSA) is 51.2 Å². The number of pyridine rings is 1. The Morgan fingerprint density at radius 2 is 2.14 bits per heavy atom. The number of rotatable bonds is 7. The van der Waals surface area contributed by atoms with Crippen molar-refractivity contribution in [3.8, 4) is 5.75 Å². The second-order valence-corrected chi connectivity index (χ2v) is 4.74. The Balaban J connectivity index is 2.25. The van der Waals surface area contributed by atoms with Crippen molar-refractivity contribution in [2.75, 3.05) is 19.0 Å². The van der Waals surface area contributed by atoms with Crippen LogP contribution in [0.4, 0.5) is 5.82 Å². The summed E-state index contributed by atoms with van der Waals surface area (Å²) in [5.41, 5.74) is 1.18. The van der Waals surface area contributed by atoms with Crippen LogP contribution < -0.4 is 10.1 Å². The van der Waals surface area contributed by atoms with Gasteiger partial charge in [-0.25, -0.2) is 4.98 Å². The van der Waals surface area contributed by atoms with Crippen molar-refractivity contribution in [1.29, 1.82) is 0 Å². The fourth-order valence-electron chi connectivity index (χ4n) is 2.03. The summed E-state index contributed by atoms with van der Waals surface area (Å²) >= 11 is 0. The minimum Gasteiger partial charge on any atom is -0.497 e. The molecule has 0 atom stereocenters. The first kappa shape index (κ1) is 15.0. The number of carbonyl (C=O) groups is 1. The molecule has 2 rings (SSSR count). The Morgan fingerprint density at radius 3 is 2.90 bits per heavy atom. The smallest absolute Gasteiger partial charge is 0.196 e. The first-order chi connectivity index (χ1) is 10.3. The Hall–Kier alpha value is -2.36. The largest absolute Gasteiger partial charge is 0.497 e. The minimum atomic E-state index is -0.0546. The van der Waals surface area contributed by atoms with Gasteiger partial charge in [0.15, 0.2) is 5.78 Å². The number of aromatic nitrogens is 1. The van der Waals surface area contributed by atoms with Crippen molar-refractivity contribution in [1.82, 2.24) is 4.98 Å². The molecule has 0 bridgehead atoms. The van der Waals surface area contributed by atoms with Gasteiger partial charge in [-0.15, -0.1) is 0 Å². The number of nitrogens with zero attached hydrogens (tertiary/aromatic N) is 1. The number of carbonyl (C=O) groups excluding carboxylic acids is 1. The van der Waals surface area contributed by atoms with Gasteiger partial charge in [0.05, 0.1) is 12.7 Å². The predicted octanol–water partition coefficient (Wildman–Crippen LogP) is 3.53. The molecule has 0 amide bonds. The van der Waals surface area contributed by atoms with Crippen molar-refractivity contribution in [3.63, 3.8) is 0 Å². The van der Waals surface area contributed by atoms with Crippen molar-refractivity contribution in [2.24, 2.45) is 0 Å². The molecule has 0 fully saturated rings. The van der Waals surface area contributed by atoms with E-state index in [4.69, 9.17) is 4.74 Å². The highest BCUT2D eigenvalue weighted by molar-refractivity contribution is 6.12. The van der Waals surface area contributed by atoms with Crippen LogP contribution in [0, 0.1) is 0 Å². The zero-order valence-corrected chi connectivity index (χ0v) is 12.4. The number of hydrogen-bond acceptors (Lipinski definition) is 4. The SMILES string of the molecule is CCCCNc1ncccc1C(=O)c1cccc(OC)c1. The van der Waals surface area contributed by atoms with Crippen molar-refractivity contribution < 1.29 is 9.53 Å². The van der Waals surface area contributed by atoms with Gasteiger partial charge in [-0.3, -0.25) is 4.79 Å². The quantitative estimate of drug-likeness (QED) is 0.624. The predicted molar refractivity (Wildman–Crippen MR) is 84.1 cm³/mol. The van der Waals surface area contributed by atoms with E-state index in [1.165, 1.54) is 0 Å². The number of benzene rings is 1. The van der Waals surface area contributed by atoms with Gasteiger partial charge >= 0.3 is 0 Å². The number of ketones is 1. The maximum atomic E-state index is 12.6. The van der Waals surface area contributed by atoms with Gasteiger partial charge in [0.2, 0.25) is 0 Å². The van der Waals surface area contributed by atoms with Crippen LogP contribution in [-0.4, -0.2) is 24.4 Å². The molecule has 0 spiro atoms. The summed E-state index contributed by atoms with van der Waals surface area (Å²) in [6, 6.07) is 10.7. The monoisotopic (exact) mass is 284 g/mol. The number of hydrogen-bond donors (Lipinski definition) is 1. The minimum absolute atomic E-state index is 0.0546. The Kier molecular flexibility index (Phi) is 5.32. The van der Waals surface area contributed by atoms with E-state index in [0.29, 0.717) is 22.7 Å². The fourth-order valence-corrected chi connectivity index (χ4v) is 2.03. The Morgan fingerprint density at radius 1 is 1.29 bits per heavy atom. The third kappa shape index (κ3) is 3.81. The zero-order chi connectivity index (χ0) is 15.1. The van der Waals surface area contributed by atoms with Gasteiger partial charge in [-0.05, 0) is 30.7 Å². The highest BCUT2D eigenvalue weighted by Crippen LogP contribution is 2.20. The van der Waals surface area contributed by atoms with E-state index in [9.17, 15) is 4.79 Å². The van der Waals surface area contributed by atoms with Crippen LogP contribution in [0.5, 0.6) is 5.75 Å². The van der Waals surface area contributed by atoms with E-state index in [1.54, 1.807) is 37.6 Å². The molecule has 1 aromatic carbocycles. The lowest BCUT2D eigenvalue weighted by Gasteiger charge is -2.10. The van der Waals surface area contributed by atoms with Gasteiger partial charge in [-0.2, -0.15) is 0 Å². The van der Waals surface area contributed by atoms with Crippen LogP contribution in [-0.2, 0) is 0 Å². The summed E-state index contributed by atoms with van der Waals surface area (Å²) in [7, 11) is 1.59. The van der Waals surface area contributed by atoms with Gasteiger partial charge < -0.3 is 10.1 Å². The van der Waals surface area contributed by atoms with E-state index in [0.717, 1.165) is 19.4 Å². The third-order valence-corrected chi connectivity index (χ3v) is 3.21. The molecule has 110 valence electrons. The molecule has 1 aromatic heterocycles. The molecule has 2 aromatic rings. The second kappa shape index (κ2) is 7.43. The van der Waals surface area contributed by atoms with Crippen molar-refractivity contribution >= 4 is 11.6 Å². The molecule has 0 radical (unpaired) electrons. The summed E-state index contributed by atoms with van der Waals surface area (Å²) < 4.78 is 5.17. The van der Waals surface area contributed by atoms with Gasteiger partial charge in [0.1, 0.15) is 11.6 Å². The molecule has 4 nitrogen and oxygen atoms in total. The summed E-state index contributed by atoms with van der Waals surface area (Å²) in [6.07, 6.45) is 3.83. The molecule has 21 heavy (non-hydrogen) atoms. The van der Waals surface area contributed by atoms with E-state index in [2.05, 4.69) is 17.2 Å². The molecule has 0 saturated carbocycles. The Bertz CT molecular complexity index is 611. The molecule has 0 saturated heterocycles. The lowest BCUT2D eigenvalue weighted by atomic mass is 10.0. The van der Waals surface area contributed by atoms with Crippen LogP contribution in [0.3, 0.4) is 0 Å². The molecule has 0 aliphatic carbocycles. The van der Waals surface area contributed by atoms with E-state index in [-0.39, 0.29) is 5.78 Å². The molecule has 0 aliphatic heterocycles. The van der Waals surface area contributed by atoms with Crippen LogP contribution in [0.15, 0.2) is 42.6 Å². The molecular weight excluding hydrogens is 264 g/mol. The number of methoxy groups -OCH3 is 1. The van der Waals surface area contributed by atoms with Crippen molar-refractivity contribution in [3.05, 3.63) is 53.7 Å². The average Bonchev–Trinajstić information content (AvgIpc) is 2.55. The Labute approximate surface area is 125 Å². The van der Waals surface area contributed by atoms with Crippen LogP contribution in [0.25, 0.3) is 0 Å². The molecular formula is C17H20N2O2. The molecule has 0 unspecified atom stereocenters. The summed E-state index contributed by atoms with van der Waals surface area (Å²) in [5.74, 6) is 1.25. The number of ether oxygens (including phenoxy) is 1. The first-order valence-corrected chi connectivity index (χ1v) is 7.14.